The Kier molecular flexibility index (Phi) is 2.96. The Morgan fingerprint density at radius 3 is 2.67 bits per heavy atom. The summed E-state index contributed by atoms with van der Waals surface area (Å²) in [4.78, 5) is 0. The number of hydrogen-bond acceptors (Lipinski definition) is 4. The molecule has 1 N–H and O–H groups in total. The summed E-state index contributed by atoms with van der Waals surface area (Å²) in [5.41, 5.74) is 1.80. The van der Waals surface area contributed by atoms with Crippen molar-refractivity contribution in [3.05, 3.63) is 29.6 Å². The molecular formula is C16H19N3O2. The maximum Gasteiger partial charge on any atom is 0.164 e. The molecule has 110 valence electrons. The predicted octanol–water partition coefficient (Wildman–Crippen LogP) is 2.66. The number of rotatable bonds is 5. The molecule has 0 aliphatic heterocycles. The van der Waals surface area contributed by atoms with Crippen LogP contribution < -0.4 is 4.74 Å². The number of hydrogen-bond donors (Lipinski definition) is 1. The van der Waals surface area contributed by atoms with Crippen LogP contribution in [0.25, 0.3) is 11.4 Å². The first kappa shape index (κ1) is 12.8. The smallest absolute Gasteiger partial charge is 0.164 e. The van der Waals surface area contributed by atoms with Crippen LogP contribution in [-0.2, 0) is 6.61 Å². The number of methoxy groups -OCH3 is 1. The third kappa shape index (κ3) is 2.21. The fourth-order valence-corrected chi connectivity index (χ4v) is 2.85. The molecule has 2 saturated carbocycles. The molecule has 1 heterocycles. The first-order chi connectivity index (χ1) is 10.3. The Labute approximate surface area is 123 Å². The lowest BCUT2D eigenvalue weighted by Crippen LogP contribution is -2.04. The van der Waals surface area contributed by atoms with E-state index in [1.54, 1.807) is 7.11 Å². The van der Waals surface area contributed by atoms with Crippen molar-refractivity contribution in [3.63, 3.8) is 0 Å². The zero-order valence-electron chi connectivity index (χ0n) is 12.1. The van der Waals surface area contributed by atoms with E-state index in [-0.39, 0.29) is 6.61 Å². The molecular weight excluding hydrogens is 266 g/mol. The van der Waals surface area contributed by atoms with Crippen LogP contribution in [0.5, 0.6) is 5.75 Å². The van der Waals surface area contributed by atoms with Gasteiger partial charge in [-0.15, -0.1) is 10.2 Å². The normalized spacial score (nSPS) is 18.0. The predicted molar refractivity (Wildman–Crippen MR) is 78.2 cm³/mol. The number of ether oxygens (including phenoxy) is 1. The maximum absolute atomic E-state index is 9.66. The number of aliphatic hydroxyl groups is 1. The van der Waals surface area contributed by atoms with E-state index < -0.39 is 0 Å². The summed E-state index contributed by atoms with van der Waals surface area (Å²) >= 11 is 0. The van der Waals surface area contributed by atoms with Crippen LogP contribution in [0.1, 0.15) is 49.0 Å². The van der Waals surface area contributed by atoms with Crippen LogP contribution >= 0.6 is 0 Å². The van der Waals surface area contributed by atoms with Crippen LogP contribution in [0, 0.1) is 0 Å². The maximum atomic E-state index is 9.66. The fourth-order valence-electron chi connectivity index (χ4n) is 2.85. The molecule has 0 bridgehead atoms. The van der Waals surface area contributed by atoms with Crippen molar-refractivity contribution in [2.75, 3.05) is 7.11 Å². The van der Waals surface area contributed by atoms with E-state index in [4.69, 9.17) is 4.74 Å². The van der Waals surface area contributed by atoms with Gasteiger partial charge in [0.15, 0.2) is 5.82 Å². The van der Waals surface area contributed by atoms with Gasteiger partial charge in [-0.05, 0) is 49.4 Å². The second kappa shape index (κ2) is 4.84. The zero-order chi connectivity index (χ0) is 14.4. The Morgan fingerprint density at radius 2 is 2.05 bits per heavy atom. The van der Waals surface area contributed by atoms with Crippen LogP contribution in [0.4, 0.5) is 0 Å². The minimum atomic E-state index is -0.0250. The van der Waals surface area contributed by atoms with Crippen molar-refractivity contribution in [1.29, 1.82) is 0 Å². The van der Waals surface area contributed by atoms with Gasteiger partial charge < -0.3 is 14.4 Å². The van der Waals surface area contributed by atoms with Gasteiger partial charge >= 0.3 is 0 Å². The van der Waals surface area contributed by atoms with E-state index in [2.05, 4.69) is 14.8 Å². The number of benzene rings is 1. The van der Waals surface area contributed by atoms with E-state index in [1.807, 2.05) is 18.2 Å². The van der Waals surface area contributed by atoms with Crippen molar-refractivity contribution >= 4 is 0 Å². The molecule has 21 heavy (non-hydrogen) atoms. The highest BCUT2D eigenvalue weighted by Crippen LogP contribution is 2.46. The summed E-state index contributed by atoms with van der Waals surface area (Å²) in [7, 11) is 1.63. The summed E-state index contributed by atoms with van der Waals surface area (Å²) < 4.78 is 7.54. The molecule has 2 aromatic rings. The van der Waals surface area contributed by atoms with Gasteiger partial charge in [0.05, 0.1) is 13.7 Å². The summed E-state index contributed by atoms with van der Waals surface area (Å²) in [6.07, 6.45) is 4.85. The Hall–Kier alpha value is -1.88. The van der Waals surface area contributed by atoms with Crippen molar-refractivity contribution in [2.45, 2.75) is 44.2 Å². The van der Waals surface area contributed by atoms with E-state index in [9.17, 15) is 5.11 Å². The van der Waals surface area contributed by atoms with Crippen LogP contribution in [0.2, 0.25) is 0 Å². The van der Waals surface area contributed by atoms with Crippen molar-refractivity contribution in [3.8, 4) is 17.1 Å². The largest absolute Gasteiger partial charge is 0.497 e. The second-order valence-electron chi connectivity index (χ2n) is 5.94. The van der Waals surface area contributed by atoms with Gasteiger partial charge in [-0.1, -0.05) is 0 Å². The van der Waals surface area contributed by atoms with E-state index >= 15 is 0 Å². The molecule has 4 rings (SSSR count). The molecule has 2 aliphatic carbocycles. The molecule has 0 saturated heterocycles. The van der Waals surface area contributed by atoms with Gasteiger partial charge in [0.2, 0.25) is 0 Å². The topological polar surface area (TPSA) is 60.2 Å². The molecule has 1 aromatic heterocycles. The summed E-state index contributed by atoms with van der Waals surface area (Å²) in [5.74, 6) is 3.36. The standard InChI is InChI=1S/C16H19N3O2/c1-21-13-6-7-14(11(8-13)9-20)16-18-17-15(10-2-3-10)19(16)12-4-5-12/h6-8,10,12,20H,2-5,9H2,1H3. The quantitative estimate of drug-likeness (QED) is 0.917. The molecule has 0 radical (unpaired) electrons. The molecule has 0 atom stereocenters. The molecule has 5 heteroatoms. The van der Waals surface area contributed by atoms with Crippen LogP contribution in [-0.4, -0.2) is 27.0 Å². The molecule has 2 aliphatic rings. The van der Waals surface area contributed by atoms with Gasteiger partial charge in [-0.2, -0.15) is 0 Å². The van der Waals surface area contributed by atoms with E-state index in [1.165, 1.54) is 25.7 Å². The van der Waals surface area contributed by atoms with Crippen molar-refractivity contribution < 1.29 is 9.84 Å². The Morgan fingerprint density at radius 1 is 1.24 bits per heavy atom. The van der Waals surface area contributed by atoms with E-state index in [0.29, 0.717) is 12.0 Å². The fraction of sp³-hybridized carbons (Fsp3) is 0.500. The van der Waals surface area contributed by atoms with Gasteiger partial charge in [-0.3, -0.25) is 0 Å². The van der Waals surface area contributed by atoms with Crippen molar-refractivity contribution in [2.24, 2.45) is 0 Å². The zero-order valence-corrected chi connectivity index (χ0v) is 12.1. The molecule has 5 nitrogen and oxygen atoms in total. The molecule has 0 amide bonds. The monoisotopic (exact) mass is 285 g/mol. The minimum Gasteiger partial charge on any atom is -0.497 e. The molecule has 0 spiro atoms. The first-order valence-electron chi connectivity index (χ1n) is 7.54. The number of aliphatic hydroxyl groups excluding tert-OH is 1. The third-order valence-electron chi connectivity index (χ3n) is 4.30. The second-order valence-corrected chi connectivity index (χ2v) is 5.94. The average molecular weight is 285 g/mol. The molecule has 2 fully saturated rings. The van der Waals surface area contributed by atoms with Crippen molar-refractivity contribution in [1.82, 2.24) is 14.8 Å². The highest BCUT2D eigenvalue weighted by molar-refractivity contribution is 5.62. The van der Waals surface area contributed by atoms with Crippen LogP contribution in [0.3, 0.4) is 0 Å². The number of nitrogens with zero attached hydrogens (tertiary/aromatic N) is 3. The first-order valence-corrected chi connectivity index (χ1v) is 7.54. The minimum absolute atomic E-state index is 0.0250. The van der Waals surface area contributed by atoms with Gasteiger partial charge in [0, 0.05) is 17.5 Å². The molecule has 0 unspecified atom stereocenters. The summed E-state index contributed by atoms with van der Waals surface area (Å²) in [6.45, 7) is -0.0250. The summed E-state index contributed by atoms with van der Waals surface area (Å²) in [6, 6.07) is 6.30. The Bertz CT molecular complexity index is 672. The van der Waals surface area contributed by atoms with E-state index in [0.717, 1.165) is 28.5 Å². The number of aromatic nitrogens is 3. The third-order valence-corrected chi connectivity index (χ3v) is 4.30. The average Bonchev–Trinajstić information content (AvgIpc) is 3.45. The van der Waals surface area contributed by atoms with Gasteiger partial charge in [0.1, 0.15) is 11.6 Å². The highest BCUT2D eigenvalue weighted by Gasteiger charge is 2.36. The lowest BCUT2D eigenvalue weighted by molar-refractivity contribution is 0.281. The highest BCUT2D eigenvalue weighted by atomic mass is 16.5. The lowest BCUT2D eigenvalue weighted by Gasteiger charge is -2.12. The Balaban J connectivity index is 1.82. The summed E-state index contributed by atoms with van der Waals surface area (Å²) in [5, 5.41) is 18.5. The lowest BCUT2D eigenvalue weighted by atomic mass is 10.1. The van der Waals surface area contributed by atoms with Gasteiger partial charge in [-0.25, -0.2) is 0 Å². The van der Waals surface area contributed by atoms with Crippen LogP contribution in [0.15, 0.2) is 18.2 Å². The molecule has 1 aromatic carbocycles. The SMILES string of the molecule is COc1ccc(-c2nnc(C3CC3)n2C2CC2)c(CO)c1. The van der Waals surface area contributed by atoms with Gasteiger partial charge in [0.25, 0.3) is 0 Å².